The van der Waals surface area contributed by atoms with Gasteiger partial charge in [0.15, 0.2) is 5.96 Å². The molecule has 0 fully saturated rings. The number of carboxylic acid groups (broad SMARTS) is 2. The molecule has 0 saturated carbocycles. The fraction of sp³-hybridized carbons (Fsp3) is 0.391. The predicted octanol–water partition coefficient (Wildman–Crippen LogP) is -2.26. The summed E-state index contributed by atoms with van der Waals surface area (Å²) in [5, 5.41) is 26.4. The van der Waals surface area contributed by atoms with E-state index in [-0.39, 0.29) is 25.3 Å². The van der Waals surface area contributed by atoms with Crippen LogP contribution in [0.4, 0.5) is 0 Å². The standard InChI is InChI=1S/C23H32N8O7/c24-14(5-3-7-27-23(25)26)20(35)29-11-18(32)30-16(9-19(33)34)21(36)31-17(22(37)38)8-12-10-28-15-6-2-1-4-13(12)15/h1-2,4,6,10,14,16-17,28H,3,5,7-9,11,24H2,(H,29,35)(H,30,32)(H,31,36)(H,33,34)(H,37,38)(H4,25,26,27)/t14-,16-,17-/m0/s1. The minimum absolute atomic E-state index is 0.0873. The molecule has 0 aliphatic rings. The number of carboxylic acids is 2. The van der Waals surface area contributed by atoms with Crippen LogP contribution in [-0.2, 0) is 30.4 Å². The molecule has 1 aromatic carbocycles. The van der Waals surface area contributed by atoms with Crippen LogP contribution in [0.15, 0.2) is 35.5 Å². The Morgan fingerprint density at radius 3 is 2.37 bits per heavy atom. The fourth-order valence-corrected chi connectivity index (χ4v) is 3.57. The summed E-state index contributed by atoms with van der Waals surface area (Å²) in [6.07, 6.45) is 1.38. The molecular formula is C23H32N8O7. The third-order valence-electron chi connectivity index (χ3n) is 5.47. The van der Waals surface area contributed by atoms with Crippen LogP contribution in [0, 0.1) is 0 Å². The van der Waals surface area contributed by atoms with Gasteiger partial charge >= 0.3 is 11.9 Å². The average molecular weight is 533 g/mol. The van der Waals surface area contributed by atoms with E-state index in [2.05, 4.69) is 25.9 Å². The van der Waals surface area contributed by atoms with Gasteiger partial charge in [0, 0.05) is 30.1 Å². The molecule has 3 amide bonds. The molecular weight excluding hydrogens is 500 g/mol. The summed E-state index contributed by atoms with van der Waals surface area (Å²) in [4.78, 5) is 67.1. The number of nitrogens with two attached hydrogens (primary N) is 3. The number of aliphatic imine (C=N–C) groups is 1. The Morgan fingerprint density at radius 2 is 1.71 bits per heavy atom. The van der Waals surface area contributed by atoms with Gasteiger partial charge in [-0.1, -0.05) is 18.2 Å². The lowest BCUT2D eigenvalue weighted by Crippen LogP contribution is -2.54. The number of para-hydroxylation sites is 1. The van der Waals surface area contributed by atoms with Crippen molar-refractivity contribution in [3.05, 3.63) is 36.0 Å². The van der Waals surface area contributed by atoms with E-state index in [9.17, 15) is 34.2 Å². The van der Waals surface area contributed by atoms with Gasteiger partial charge in [0.05, 0.1) is 19.0 Å². The third-order valence-corrected chi connectivity index (χ3v) is 5.47. The van der Waals surface area contributed by atoms with Crippen molar-refractivity contribution in [2.45, 2.75) is 43.8 Å². The smallest absolute Gasteiger partial charge is 0.326 e. The number of aromatic amines is 1. The van der Waals surface area contributed by atoms with Crippen LogP contribution in [0.25, 0.3) is 10.9 Å². The lowest BCUT2D eigenvalue weighted by atomic mass is 10.0. The second kappa shape index (κ2) is 14.2. The Morgan fingerprint density at radius 1 is 1.00 bits per heavy atom. The van der Waals surface area contributed by atoms with Crippen LogP contribution < -0.4 is 33.2 Å². The molecule has 0 saturated heterocycles. The first kappa shape index (κ1) is 29.6. The van der Waals surface area contributed by atoms with Crippen LogP contribution in [0.3, 0.4) is 0 Å². The maximum Gasteiger partial charge on any atom is 0.326 e. The van der Waals surface area contributed by atoms with E-state index in [1.165, 1.54) is 0 Å². The molecule has 206 valence electrons. The number of fused-ring (bicyclic) bond motifs is 1. The molecule has 0 aliphatic carbocycles. The highest BCUT2D eigenvalue weighted by Crippen LogP contribution is 2.19. The number of guanidine groups is 1. The van der Waals surface area contributed by atoms with Gasteiger partial charge in [0.1, 0.15) is 12.1 Å². The first-order valence-electron chi connectivity index (χ1n) is 11.7. The van der Waals surface area contributed by atoms with E-state index in [0.717, 1.165) is 10.9 Å². The van der Waals surface area contributed by atoms with Crippen molar-refractivity contribution in [2.75, 3.05) is 13.1 Å². The zero-order chi connectivity index (χ0) is 28.2. The molecule has 1 heterocycles. The van der Waals surface area contributed by atoms with E-state index < -0.39 is 60.8 Å². The zero-order valence-corrected chi connectivity index (χ0v) is 20.5. The largest absolute Gasteiger partial charge is 0.481 e. The van der Waals surface area contributed by atoms with Crippen molar-refractivity contribution in [1.29, 1.82) is 0 Å². The quantitative estimate of drug-likeness (QED) is 0.0674. The average Bonchev–Trinajstić information content (AvgIpc) is 3.26. The minimum Gasteiger partial charge on any atom is -0.481 e. The van der Waals surface area contributed by atoms with Crippen molar-refractivity contribution < 1.29 is 34.2 Å². The lowest BCUT2D eigenvalue weighted by molar-refractivity contribution is -0.143. The second-order valence-corrected chi connectivity index (χ2v) is 8.45. The fourth-order valence-electron chi connectivity index (χ4n) is 3.57. The number of hydrogen-bond acceptors (Lipinski definition) is 7. The molecule has 1 aromatic heterocycles. The minimum atomic E-state index is -1.59. The third kappa shape index (κ3) is 9.42. The monoisotopic (exact) mass is 532 g/mol. The number of benzene rings is 1. The molecule has 0 bridgehead atoms. The van der Waals surface area contributed by atoms with Gasteiger partial charge in [-0.15, -0.1) is 0 Å². The number of carbonyl (C=O) groups is 5. The Labute approximate surface area is 217 Å². The number of aliphatic carboxylic acids is 2. The lowest BCUT2D eigenvalue weighted by Gasteiger charge is -2.21. The summed E-state index contributed by atoms with van der Waals surface area (Å²) in [7, 11) is 0. The zero-order valence-electron chi connectivity index (χ0n) is 20.5. The SMILES string of the molecule is NC(N)=NCCC[C@H](N)C(=O)NCC(=O)N[C@@H](CC(=O)O)C(=O)N[C@@H](Cc1c[nH]c2ccccc12)C(=O)O. The van der Waals surface area contributed by atoms with Gasteiger partial charge in [-0.2, -0.15) is 0 Å². The summed E-state index contributed by atoms with van der Waals surface area (Å²) in [6.45, 7) is -0.311. The number of amides is 3. The number of nitrogens with zero attached hydrogens (tertiary/aromatic N) is 1. The van der Waals surface area contributed by atoms with Gasteiger partial charge in [-0.25, -0.2) is 4.79 Å². The topological polar surface area (TPSA) is 268 Å². The number of H-pyrrole nitrogens is 1. The second-order valence-electron chi connectivity index (χ2n) is 8.45. The number of nitrogens with one attached hydrogen (secondary N) is 4. The van der Waals surface area contributed by atoms with Crippen LogP contribution in [-0.4, -0.2) is 82.0 Å². The van der Waals surface area contributed by atoms with Crippen LogP contribution in [0.2, 0.25) is 0 Å². The normalized spacial score (nSPS) is 13.1. The maximum absolute atomic E-state index is 12.8. The van der Waals surface area contributed by atoms with Gasteiger partial charge in [-0.3, -0.25) is 24.2 Å². The first-order chi connectivity index (χ1) is 18.0. The number of rotatable bonds is 15. The number of aromatic nitrogens is 1. The van der Waals surface area contributed by atoms with Gasteiger partial charge in [-0.05, 0) is 24.5 Å². The van der Waals surface area contributed by atoms with Crippen molar-refractivity contribution in [3.63, 3.8) is 0 Å². The van der Waals surface area contributed by atoms with Crippen molar-refractivity contribution in [1.82, 2.24) is 20.9 Å². The Balaban J connectivity index is 1.95. The van der Waals surface area contributed by atoms with Crippen LogP contribution >= 0.6 is 0 Å². The molecule has 0 spiro atoms. The first-order valence-corrected chi connectivity index (χ1v) is 11.7. The van der Waals surface area contributed by atoms with Crippen molar-refractivity contribution >= 4 is 46.5 Å². The summed E-state index contributed by atoms with van der Waals surface area (Å²) in [5.74, 6) is -5.35. The highest BCUT2D eigenvalue weighted by atomic mass is 16.4. The van der Waals surface area contributed by atoms with Crippen molar-refractivity contribution in [2.24, 2.45) is 22.2 Å². The van der Waals surface area contributed by atoms with E-state index in [4.69, 9.17) is 17.2 Å². The highest BCUT2D eigenvalue weighted by molar-refractivity contribution is 5.94. The van der Waals surface area contributed by atoms with E-state index in [0.29, 0.717) is 12.0 Å². The molecule has 0 aliphatic heterocycles. The van der Waals surface area contributed by atoms with Gasteiger partial charge in [0.25, 0.3) is 0 Å². The molecule has 15 nitrogen and oxygen atoms in total. The van der Waals surface area contributed by atoms with Crippen LogP contribution in [0.5, 0.6) is 0 Å². The predicted molar refractivity (Wildman–Crippen MR) is 137 cm³/mol. The van der Waals surface area contributed by atoms with Crippen molar-refractivity contribution in [3.8, 4) is 0 Å². The van der Waals surface area contributed by atoms with E-state index in [1.54, 1.807) is 18.3 Å². The summed E-state index contributed by atoms with van der Waals surface area (Å²) in [5.41, 5.74) is 17.6. The Kier molecular flexibility index (Phi) is 11.0. The molecule has 3 atom stereocenters. The molecule has 0 unspecified atom stereocenters. The van der Waals surface area contributed by atoms with E-state index in [1.807, 2.05) is 12.1 Å². The number of hydrogen-bond donors (Lipinski definition) is 9. The molecule has 15 heteroatoms. The molecule has 12 N–H and O–H groups in total. The van der Waals surface area contributed by atoms with Gasteiger partial charge < -0.3 is 48.3 Å². The van der Waals surface area contributed by atoms with Gasteiger partial charge in [0.2, 0.25) is 17.7 Å². The van der Waals surface area contributed by atoms with Crippen LogP contribution in [0.1, 0.15) is 24.8 Å². The summed E-state index contributed by atoms with van der Waals surface area (Å²) in [6, 6.07) is 3.26. The maximum atomic E-state index is 12.8. The highest BCUT2D eigenvalue weighted by Gasteiger charge is 2.29. The Bertz CT molecular complexity index is 1190. The Hall–Kier alpha value is -4.66. The van der Waals surface area contributed by atoms with E-state index >= 15 is 0 Å². The number of carbonyl (C=O) groups excluding carboxylic acids is 3. The molecule has 38 heavy (non-hydrogen) atoms. The molecule has 0 radical (unpaired) electrons. The molecule has 2 aromatic rings. The summed E-state index contributed by atoms with van der Waals surface area (Å²) >= 11 is 0. The summed E-state index contributed by atoms with van der Waals surface area (Å²) < 4.78 is 0. The molecule has 2 rings (SSSR count).